The smallest absolute Gasteiger partial charge is 0.0831 e. The van der Waals surface area contributed by atoms with E-state index in [1.165, 1.54) is 6.42 Å². The Hall–Kier alpha value is -0.160. The Morgan fingerprint density at radius 3 is 2.94 bits per heavy atom. The molecule has 1 aliphatic heterocycles. The quantitative estimate of drug-likeness (QED) is 0.573. The highest BCUT2D eigenvalue weighted by molar-refractivity contribution is 4.63. The van der Waals surface area contributed by atoms with E-state index in [1.807, 2.05) is 6.92 Å². The van der Waals surface area contributed by atoms with E-state index in [2.05, 4.69) is 5.32 Å². The van der Waals surface area contributed by atoms with E-state index in [-0.39, 0.29) is 0 Å². The third kappa shape index (κ3) is 7.17. The fourth-order valence-electron chi connectivity index (χ4n) is 1.67. The van der Waals surface area contributed by atoms with Gasteiger partial charge in [0.1, 0.15) is 0 Å². The first-order valence-electron chi connectivity index (χ1n) is 6.41. The van der Waals surface area contributed by atoms with Crippen molar-refractivity contribution < 1.29 is 14.2 Å². The molecule has 0 aromatic rings. The summed E-state index contributed by atoms with van der Waals surface area (Å²) in [5, 5.41) is 3.36. The second-order valence-electron chi connectivity index (χ2n) is 4.01. The van der Waals surface area contributed by atoms with Gasteiger partial charge in [0.2, 0.25) is 0 Å². The molecule has 1 atom stereocenters. The molecule has 0 aliphatic carbocycles. The Bertz CT molecular complexity index is 149. The maximum Gasteiger partial charge on any atom is 0.0831 e. The molecule has 1 heterocycles. The minimum absolute atomic E-state index is 0.333. The Balaban J connectivity index is 1.71. The summed E-state index contributed by atoms with van der Waals surface area (Å²) < 4.78 is 16.1. The van der Waals surface area contributed by atoms with Crippen LogP contribution in [0, 0.1) is 0 Å². The van der Waals surface area contributed by atoms with Crippen LogP contribution in [0.25, 0.3) is 0 Å². The first kappa shape index (κ1) is 13.9. The maximum atomic E-state index is 5.64. The van der Waals surface area contributed by atoms with Gasteiger partial charge in [0.15, 0.2) is 0 Å². The lowest BCUT2D eigenvalue weighted by atomic mass is 10.3. The van der Waals surface area contributed by atoms with Gasteiger partial charge in [0.25, 0.3) is 0 Å². The normalized spacial score (nSPS) is 20.4. The highest BCUT2D eigenvalue weighted by Crippen LogP contribution is 2.06. The van der Waals surface area contributed by atoms with Gasteiger partial charge < -0.3 is 19.5 Å². The maximum absolute atomic E-state index is 5.64. The standard InChI is InChI=1S/C12H25NO3/c1-2-14-8-4-3-6-13-7-10-16-12-5-9-15-11-12/h12-13H,2-11H2,1H3. The molecule has 0 saturated carbocycles. The van der Waals surface area contributed by atoms with Crippen LogP contribution in [-0.2, 0) is 14.2 Å². The van der Waals surface area contributed by atoms with Gasteiger partial charge in [-0.2, -0.15) is 0 Å². The largest absolute Gasteiger partial charge is 0.382 e. The number of ether oxygens (including phenoxy) is 3. The van der Waals surface area contributed by atoms with E-state index in [4.69, 9.17) is 14.2 Å². The lowest BCUT2D eigenvalue weighted by molar-refractivity contribution is 0.0445. The van der Waals surface area contributed by atoms with Crippen molar-refractivity contribution in [3.05, 3.63) is 0 Å². The van der Waals surface area contributed by atoms with Crippen molar-refractivity contribution in [2.45, 2.75) is 32.3 Å². The molecular weight excluding hydrogens is 206 g/mol. The number of hydrogen-bond acceptors (Lipinski definition) is 4. The monoisotopic (exact) mass is 231 g/mol. The third-order valence-corrected chi connectivity index (χ3v) is 2.62. The van der Waals surface area contributed by atoms with Gasteiger partial charge in [-0.15, -0.1) is 0 Å². The summed E-state index contributed by atoms with van der Waals surface area (Å²) in [6, 6.07) is 0. The molecule has 1 rings (SSSR count). The molecule has 0 amide bonds. The van der Waals surface area contributed by atoms with E-state index in [9.17, 15) is 0 Å². The highest BCUT2D eigenvalue weighted by atomic mass is 16.5. The van der Waals surface area contributed by atoms with Crippen LogP contribution in [0.5, 0.6) is 0 Å². The first-order valence-corrected chi connectivity index (χ1v) is 6.41. The fourth-order valence-corrected chi connectivity index (χ4v) is 1.67. The predicted molar refractivity (Wildman–Crippen MR) is 63.8 cm³/mol. The summed E-state index contributed by atoms with van der Waals surface area (Å²) in [4.78, 5) is 0. The summed E-state index contributed by atoms with van der Waals surface area (Å²) in [6.07, 6.45) is 3.69. The molecule has 4 heteroatoms. The van der Waals surface area contributed by atoms with Crippen molar-refractivity contribution in [2.24, 2.45) is 0 Å². The van der Waals surface area contributed by atoms with Gasteiger partial charge in [-0.05, 0) is 32.7 Å². The SMILES string of the molecule is CCOCCCCNCCOC1CCOC1. The van der Waals surface area contributed by atoms with Crippen LogP contribution in [0.15, 0.2) is 0 Å². The van der Waals surface area contributed by atoms with Crippen molar-refractivity contribution in [2.75, 3.05) is 46.1 Å². The van der Waals surface area contributed by atoms with E-state index in [0.29, 0.717) is 6.10 Å². The Kier molecular flexibility index (Phi) is 8.71. The van der Waals surface area contributed by atoms with Crippen LogP contribution in [0.1, 0.15) is 26.2 Å². The second-order valence-corrected chi connectivity index (χ2v) is 4.01. The fraction of sp³-hybridized carbons (Fsp3) is 1.00. The Labute approximate surface area is 98.6 Å². The van der Waals surface area contributed by atoms with Gasteiger partial charge in [-0.25, -0.2) is 0 Å². The lowest BCUT2D eigenvalue weighted by Gasteiger charge is -2.10. The molecule has 0 bridgehead atoms. The summed E-state index contributed by atoms with van der Waals surface area (Å²) in [5.74, 6) is 0. The molecule has 16 heavy (non-hydrogen) atoms. The summed E-state index contributed by atoms with van der Waals surface area (Å²) in [7, 11) is 0. The summed E-state index contributed by atoms with van der Waals surface area (Å²) in [5.41, 5.74) is 0. The van der Waals surface area contributed by atoms with Gasteiger partial charge in [0, 0.05) is 26.4 Å². The number of unbranched alkanes of at least 4 members (excludes halogenated alkanes) is 1. The number of rotatable bonds is 10. The van der Waals surface area contributed by atoms with E-state index >= 15 is 0 Å². The van der Waals surface area contributed by atoms with Crippen LogP contribution in [0.2, 0.25) is 0 Å². The molecular formula is C12H25NO3. The molecule has 0 aromatic carbocycles. The van der Waals surface area contributed by atoms with Crippen molar-refractivity contribution in [3.63, 3.8) is 0 Å². The number of hydrogen-bond donors (Lipinski definition) is 1. The topological polar surface area (TPSA) is 39.7 Å². The molecule has 1 aliphatic rings. The average molecular weight is 231 g/mol. The van der Waals surface area contributed by atoms with Crippen LogP contribution in [-0.4, -0.2) is 52.2 Å². The lowest BCUT2D eigenvalue weighted by Crippen LogP contribution is -2.24. The first-order chi connectivity index (χ1) is 7.93. The molecule has 0 radical (unpaired) electrons. The second kappa shape index (κ2) is 10.0. The molecule has 0 aromatic heterocycles. The van der Waals surface area contributed by atoms with Gasteiger partial charge in [-0.1, -0.05) is 0 Å². The molecule has 0 spiro atoms. The zero-order valence-corrected chi connectivity index (χ0v) is 10.4. The molecule has 96 valence electrons. The third-order valence-electron chi connectivity index (χ3n) is 2.62. The zero-order valence-electron chi connectivity index (χ0n) is 10.4. The molecule has 1 N–H and O–H groups in total. The summed E-state index contributed by atoms with van der Waals surface area (Å²) in [6.45, 7) is 8.15. The van der Waals surface area contributed by atoms with Crippen LogP contribution >= 0.6 is 0 Å². The van der Waals surface area contributed by atoms with Crippen LogP contribution < -0.4 is 5.32 Å². The Morgan fingerprint density at radius 1 is 1.25 bits per heavy atom. The van der Waals surface area contributed by atoms with Crippen molar-refractivity contribution in [1.82, 2.24) is 5.32 Å². The Morgan fingerprint density at radius 2 is 2.19 bits per heavy atom. The van der Waals surface area contributed by atoms with Crippen LogP contribution in [0.3, 0.4) is 0 Å². The predicted octanol–water partition coefficient (Wildman–Crippen LogP) is 1.20. The van der Waals surface area contributed by atoms with Gasteiger partial charge in [-0.3, -0.25) is 0 Å². The summed E-state index contributed by atoms with van der Waals surface area (Å²) >= 11 is 0. The number of nitrogens with one attached hydrogen (secondary N) is 1. The van der Waals surface area contributed by atoms with Crippen LogP contribution in [0.4, 0.5) is 0 Å². The van der Waals surface area contributed by atoms with E-state index in [1.54, 1.807) is 0 Å². The van der Waals surface area contributed by atoms with E-state index < -0.39 is 0 Å². The zero-order chi connectivity index (χ0) is 11.5. The van der Waals surface area contributed by atoms with Gasteiger partial charge >= 0.3 is 0 Å². The van der Waals surface area contributed by atoms with E-state index in [0.717, 1.165) is 59.0 Å². The molecule has 1 unspecified atom stereocenters. The van der Waals surface area contributed by atoms with Crippen molar-refractivity contribution >= 4 is 0 Å². The molecule has 1 saturated heterocycles. The minimum atomic E-state index is 0.333. The molecule has 4 nitrogen and oxygen atoms in total. The minimum Gasteiger partial charge on any atom is -0.382 e. The van der Waals surface area contributed by atoms with Crippen molar-refractivity contribution in [3.8, 4) is 0 Å². The van der Waals surface area contributed by atoms with Crippen molar-refractivity contribution in [1.29, 1.82) is 0 Å². The molecule has 1 fully saturated rings. The highest BCUT2D eigenvalue weighted by Gasteiger charge is 2.14. The average Bonchev–Trinajstić information content (AvgIpc) is 2.80. The van der Waals surface area contributed by atoms with Gasteiger partial charge in [0.05, 0.1) is 19.3 Å².